The minimum atomic E-state index is 0.625. The SMILES string of the molecule is CC.CC[C@@H](C)c1cccc(OC)c1. The van der Waals surface area contributed by atoms with Gasteiger partial charge in [0, 0.05) is 0 Å². The molecule has 0 radical (unpaired) electrons. The van der Waals surface area contributed by atoms with Crippen LogP contribution in [0.1, 0.15) is 45.6 Å². The van der Waals surface area contributed by atoms with Gasteiger partial charge in [0.05, 0.1) is 7.11 Å². The molecular formula is C13H22O. The highest BCUT2D eigenvalue weighted by molar-refractivity contribution is 5.30. The third-order valence-corrected chi connectivity index (χ3v) is 2.28. The Bertz CT molecular complexity index is 243. The molecule has 1 nitrogen and oxygen atoms in total. The van der Waals surface area contributed by atoms with Crippen LogP contribution in [0.25, 0.3) is 0 Å². The Morgan fingerprint density at radius 1 is 1.29 bits per heavy atom. The first kappa shape index (κ1) is 13.0. The highest BCUT2D eigenvalue weighted by Crippen LogP contribution is 2.22. The van der Waals surface area contributed by atoms with Gasteiger partial charge in [-0.05, 0) is 30.0 Å². The Morgan fingerprint density at radius 2 is 1.93 bits per heavy atom. The van der Waals surface area contributed by atoms with E-state index in [2.05, 4.69) is 26.0 Å². The Hall–Kier alpha value is -0.980. The number of benzene rings is 1. The number of ether oxygens (including phenoxy) is 1. The zero-order valence-electron chi connectivity index (χ0n) is 10.0. The third kappa shape index (κ3) is 3.82. The van der Waals surface area contributed by atoms with E-state index in [9.17, 15) is 0 Å². The van der Waals surface area contributed by atoms with Crippen LogP contribution in [0.3, 0.4) is 0 Å². The molecule has 0 aliphatic heterocycles. The summed E-state index contributed by atoms with van der Waals surface area (Å²) in [5.41, 5.74) is 1.36. The molecule has 80 valence electrons. The molecule has 1 heteroatoms. The minimum Gasteiger partial charge on any atom is -0.497 e. The fourth-order valence-corrected chi connectivity index (χ4v) is 1.18. The van der Waals surface area contributed by atoms with E-state index < -0.39 is 0 Å². The maximum Gasteiger partial charge on any atom is 0.119 e. The first-order valence-corrected chi connectivity index (χ1v) is 5.42. The molecule has 14 heavy (non-hydrogen) atoms. The Labute approximate surface area is 88.1 Å². The van der Waals surface area contributed by atoms with Gasteiger partial charge in [-0.25, -0.2) is 0 Å². The van der Waals surface area contributed by atoms with Gasteiger partial charge in [-0.3, -0.25) is 0 Å². The van der Waals surface area contributed by atoms with Gasteiger partial charge in [0.1, 0.15) is 5.75 Å². The number of hydrogen-bond acceptors (Lipinski definition) is 1. The van der Waals surface area contributed by atoms with Crippen molar-refractivity contribution < 1.29 is 4.74 Å². The maximum absolute atomic E-state index is 5.15. The second-order valence-corrected chi connectivity index (χ2v) is 3.09. The van der Waals surface area contributed by atoms with Gasteiger partial charge in [0.2, 0.25) is 0 Å². The molecule has 0 aromatic heterocycles. The Morgan fingerprint density at radius 3 is 2.43 bits per heavy atom. The van der Waals surface area contributed by atoms with E-state index in [1.165, 1.54) is 12.0 Å². The largest absolute Gasteiger partial charge is 0.497 e. The molecule has 0 saturated carbocycles. The molecule has 1 aromatic carbocycles. The van der Waals surface area contributed by atoms with Crippen molar-refractivity contribution in [1.82, 2.24) is 0 Å². The van der Waals surface area contributed by atoms with Gasteiger partial charge in [0.15, 0.2) is 0 Å². The van der Waals surface area contributed by atoms with E-state index in [0.29, 0.717) is 5.92 Å². The van der Waals surface area contributed by atoms with Gasteiger partial charge in [-0.15, -0.1) is 0 Å². The normalized spacial score (nSPS) is 11.2. The molecule has 0 unspecified atom stereocenters. The molecule has 1 aromatic rings. The van der Waals surface area contributed by atoms with Crippen molar-refractivity contribution in [2.75, 3.05) is 7.11 Å². The zero-order valence-corrected chi connectivity index (χ0v) is 10.0. The fourth-order valence-electron chi connectivity index (χ4n) is 1.18. The quantitative estimate of drug-likeness (QED) is 0.699. The lowest BCUT2D eigenvalue weighted by atomic mass is 9.99. The van der Waals surface area contributed by atoms with Crippen molar-refractivity contribution >= 4 is 0 Å². The van der Waals surface area contributed by atoms with Crippen LogP contribution < -0.4 is 4.74 Å². The van der Waals surface area contributed by atoms with Crippen LogP contribution in [0.15, 0.2) is 24.3 Å². The van der Waals surface area contributed by atoms with Crippen LogP contribution in [-0.2, 0) is 0 Å². The summed E-state index contributed by atoms with van der Waals surface area (Å²) in [5.74, 6) is 1.58. The average molecular weight is 194 g/mol. The molecule has 0 bridgehead atoms. The summed E-state index contributed by atoms with van der Waals surface area (Å²) in [6, 6.07) is 8.27. The van der Waals surface area contributed by atoms with E-state index in [4.69, 9.17) is 4.74 Å². The van der Waals surface area contributed by atoms with Crippen molar-refractivity contribution in [3.05, 3.63) is 29.8 Å². The molecule has 0 saturated heterocycles. The van der Waals surface area contributed by atoms with Crippen molar-refractivity contribution in [1.29, 1.82) is 0 Å². The van der Waals surface area contributed by atoms with Crippen LogP contribution in [0.2, 0.25) is 0 Å². The first-order chi connectivity index (χ1) is 6.77. The maximum atomic E-state index is 5.15. The molecular weight excluding hydrogens is 172 g/mol. The molecule has 1 atom stereocenters. The fraction of sp³-hybridized carbons (Fsp3) is 0.538. The number of methoxy groups -OCH3 is 1. The summed E-state index contributed by atoms with van der Waals surface area (Å²) in [6.07, 6.45) is 1.17. The van der Waals surface area contributed by atoms with E-state index in [1.54, 1.807) is 7.11 Å². The van der Waals surface area contributed by atoms with Crippen LogP contribution >= 0.6 is 0 Å². The summed E-state index contributed by atoms with van der Waals surface area (Å²) in [5, 5.41) is 0. The summed E-state index contributed by atoms with van der Waals surface area (Å²) >= 11 is 0. The van der Waals surface area contributed by atoms with Crippen molar-refractivity contribution in [3.8, 4) is 5.75 Å². The number of rotatable bonds is 3. The second kappa shape index (κ2) is 7.43. The van der Waals surface area contributed by atoms with Gasteiger partial charge in [0.25, 0.3) is 0 Å². The van der Waals surface area contributed by atoms with E-state index in [1.807, 2.05) is 26.0 Å². The van der Waals surface area contributed by atoms with Crippen LogP contribution in [-0.4, -0.2) is 7.11 Å². The van der Waals surface area contributed by atoms with Gasteiger partial charge >= 0.3 is 0 Å². The average Bonchev–Trinajstić information content (AvgIpc) is 2.30. The summed E-state index contributed by atoms with van der Waals surface area (Å²) in [6.45, 7) is 8.43. The predicted octanol–water partition coefficient (Wildman–Crippen LogP) is 4.23. The van der Waals surface area contributed by atoms with Gasteiger partial charge in [-0.1, -0.05) is 39.8 Å². The Balaban J connectivity index is 0.000000791. The van der Waals surface area contributed by atoms with Gasteiger partial charge < -0.3 is 4.74 Å². The second-order valence-electron chi connectivity index (χ2n) is 3.09. The van der Waals surface area contributed by atoms with Gasteiger partial charge in [-0.2, -0.15) is 0 Å². The molecule has 0 aliphatic rings. The predicted molar refractivity (Wildman–Crippen MR) is 63.0 cm³/mol. The molecule has 1 rings (SSSR count). The lowest BCUT2D eigenvalue weighted by Crippen LogP contribution is -1.91. The standard InChI is InChI=1S/C11H16O.C2H6/c1-4-9(2)10-6-5-7-11(8-10)12-3;1-2/h5-9H,4H2,1-3H3;1-2H3/t9-;/m1./s1. The highest BCUT2D eigenvalue weighted by atomic mass is 16.5. The molecule has 0 N–H and O–H groups in total. The molecule has 0 aliphatic carbocycles. The third-order valence-electron chi connectivity index (χ3n) is 2.28. The summed E-state index contributed by atoms with van der Waals surface area (Å²) in [4.78, 5) is 0. The van der Waals surface area contributed by atoms with E-state index in [0.717, 1.165) is 5.75 Å². The summed E-state index contributed by atoms with van der Waals surface area (Å²) < 4.78 is 5.15. The van der Waals surface area contributed by atoms with Crippen molar-refractivity contribution in [2.24, 2.45) is 0 Å². The summed E-state index contributed by atoms with van der Waals surface area (Å²) in [7, 11) is 1.70. The lowest BCUT2D eigenvalue weighted by Gasteiger charge is -2.09. The van der Waals surface area contributed by atoms with Crippen molar-refractivity contribution in [3.63, 3.8) is 0 Å². The highest BCUT2D eigenvalue weighted by Gasteiger charge is 2.02. The Kier molecular flexibility index (Phi) is 6.91. The van der Waals surface area contributed by atoms with Crippen LogP contribution in [0.5, 0.6) is 5.75 Å². The smallest absolute Gasteiger partial charge is 0.119 e. The first-order valence-electron chi connectivity index (χ1n) is 5.42. The number of hydrogen-bond donors (Lipinski definition) is 0. The lowest BCUT2D eigenvalue weighted by molar-refractivity contribution is 0.414. The van der Waals surface area contributed by atoms with Crippen LogP contribution in [0.4, 0.5) is 0 Å². The van der Waals surface area contributed by atoms with E-state index >= 15 is 0 Å². The zero-order chi connectivity index (χ0) is 11.0. The molecule has 0 amide bonds. The van der Waals surface area contributed by atoms with Crippen LogP contribution in [0, 0.1) is 0 Å². The van der Waals surface area contributed by atoms with E-state index in [-0.39, 0.29) is 0 Å². The molecule has 0 fully saturated rings. The van der Waals surface area contributed by atoms with Crippen molar-refractivity contribution in [2.45, 2.75) is 40.0 Å². The monoisotopic (exact) mass is 194 g/mol. The minimum absolute atomic E-state index is 0.625. The molecule has 0 heterocycles. The molecule has 0 spiro atoms. The topological polar surface area (TPSA) is 9.23 Å².